The highest BCUT2D eigenvalue weighted by atomic mass is 16.5. The molecule has 14 heavy (non-hydrogen) atoms. The van der Waals surface area contributed by atoms with E-state index in [0.29, 0.717) is 13.0 Å². The summed E-state index contributed by atoms with van der Waals surface area (Å²) in [5.41, 5.74) is 5.58. The van der Waals surface area contributed by atoms with Gasteiger partial charge in [0.15, 0.2) is 0 Å². The van der Waals surface area contributed by atoms with E-state index < -0.39 is 0 Å². The van der Waals surface area contributed by atoms with Crippen molar-refractivity contribution in [2.45, 2.75) is 44.8 Å². The third-order valence-corrected chi connectivity index (χ3v) is 2.55. The first-order chi connectivity index (χ1) is 6.74. The molecule has 0 aromatic rings. The SMILES string of the molecule is CC[C@H](N)C(=O)NCC1CCCCO1. The van der Waals surface area contributed by atoms with Crippen molar-refractivity contribution >= 4 is 5.91 Å². The van der Waals surface area contributed by atoms with Crippen LogP contribution >= 0.6 is 0 Å². The quantitative estimate of drug-likeness (QED) is 0.691. The lowest BCUT2D eigenvalue weighted by atomic mass is 10.1. The smallest absolute Gasteiger partial charge is 0.236 e. The maximum Gasteiger partial charge on any atom is 0.236 e. The van der Waals surface area contributed by atoms with Gasteiger partial charge in [0.2, 0.25) is 5.91 Å². The van der Waals surface area contributed by atoms with Crippen LogP contribution in [-0.4, -0.2) is 31.2 Å². The maximum absolute atomic E-state index is 11.3. The molecule has 0 aromatic heterocycles. The van der Waals surface area contributed by atoms with Crippen LogP contribution in [-0.2, 0) is 9.53 Å². The van der Waals surface area contributed by atoms with E-state index in [4.69, 9.17) is 10.5 Å². The normalized spacial score (nSPS) is 24.3. The van der Waals surface area contributed by atoms with E-state index in [-0.39, 0.29) is 18.1 Å². The van der Waals surface area contributed by atoms with Crippen LogP contribution in [0.5, 0.6) is 0 Å². The highest BCUT2D eigenvalue weighted by molar-refractivity contribution is 5.81. The molecule has 0 radical (unpaired) electrons. The van der Waals surface area contributed by atoms with E-state index in [1.807, 2.05) is 6.92 Å². The first kappa shape index (κ1) is 11.5. The van der Waals surface area contributed by atoms with Crippen molar-refractivity contribution in [3.63, 3.8) is 0 Å². The third-order valence-electron chi connectivity index (χ3n) is 2.55. The summed E-state index contributed by atoms with van der Waals surface area (Å²) in [6, 6.07) is -0.376. The van der Waals surface area contributed by atoms with Gasteiger partial charge in [0.1, 0.15) is 0 Å². The van der Waals surface area contributed by atoms with Crippen molar-refractivity contribution in [3.05, 3.63) is 0 Å². The fourth-order valence-electron chi connectivity index (χ4n) is 1.50. The summed E-state index contributed by atoms with van der Waals surface area (Å²) in [4.78, 5) is 11.3. The van der Waals surface area contributed by atoms with Crippen molar-refractivity contribution in [2.75, 3.05) is 13.2 Å². The lowest BCUT2D eigenvalue weighted by molar-refractivity contribution is -0.123. The molecule has 1 saturated heterocycles. The first-order valence-electron chi connectivity index (χ1n) is 5.39. The predicted octanol–water partition coefficient (Wildman–Crippen LogP) is 0.409. The minimum Gasteiger partial charge on any atom is -0.376 e. The number of carbonyl (C=O) groups is 1. The standard InChI is InChI=1S/C10H20N2O2/c1-2-9(11)10(13)12-7-8-5-3-4-6-14-8/h8-9H,2-7,11H2,1H3,(H,12,13)/t8?,9-/m0/s1. The lowest BCUT2D eigenvalue weighted by Gasteiger charge is -2.23. The molecule has 0 spiro atoms. The summed E-state index contributed by atoms with van der Waals surface area (Å²) in [5.74, 6) is -0.0679. The molecule has 1 aliphatic rings. The fourth-order valence-corrected chi connectivity index (χ4v) is 1.50. The van der Waals surface area contributed by atoms with Crippen molar-refractivity contribution in [2.24, 2.45) is 5.73 Å². The van der Waals surface area contributed by atoms with Crippen LogP contribution < -0.4 is 11.1 Å². The largest absolute Gasteiger partial charge is 0.376 e. The van der Waals surface area contributed by atoms with Crippen molar-refractivity contribution in [3.8, 4) is 0 Å². The summed E-state index contributed by atoms with van der Waals surface area (Å²) >= 11 is 0. The van der Waals surface area contributed by atoms with E-state index in [1.54, 1.807) is 0 Å². The maximum atomic E-state index is 11.3. The number of amides is 1. The Morgan fingerprint density at radius 3 is 3.00 bits per heavy atom. The van der Waals surface area contributed by atoms with Gasteiger partial charge in [0, 0.05) is 13.2 Å². The average molecular weight is 200 g/mol. The van der Waals surface area contributed by atoms with Gasteiger partial charge in [0.05, 0.1) is 12.1 Å². The van der Waals surface area contributed by atoms with Gasteiger partial charge in [-0.25, -0.2) is 0 Å². The van der Waals surface area contributed by atoms with Gasteiger partial charge in [-0.1, -0.05) is 6.92 Å². The number of ether oxygens (including phenoxy) is 1. The summed E-state index contributed by atoms with van der Waals surface area (Å²) in [6.45, 7) is 3.33. The van der Waals surface area contributed by atoms with Crippen molar-refractivity contribution in [1.29, 1.82) is 0 Å². The highest BCUT2D eigenvalue weighted by Gasteiger charge is 2.16. The Morgan fingerprint density at radius 1 is 1.64 bits per heavy atom. The van der Waals surface area contributed by atoms with Crippen LogP contribution in [0.1, 0.15) is 32.6 Å². The minimum atomic E-state index is -0.376. The van der Waals surface area contributed by atoms with Gasteiger partial charge in [0.25, 0.3) is 0 Å². The molecule has 0 aliphatic carbocycles. The summed E-state index contributed by atoms with van der Waals surface area (Å²) in [6.07, 6.45) is 4.25. The predicted molar refractivity (Wildman–Crippen MR) is 54.9 cm³/mol. The molecule has 0 bridgehead atoms. The van der Waals surface area contributed by atoms with Gasteiger partial charge in [-0.05, 0) is 25.7 Å². The molecule has 4 heteroatoms. The Balaban J connectivity index is 2.15. The van der Waals surface area contributed by atoms with E-state index in [9.17, 15) is 4.79 Å². The molecule has 0 saturated carbocycles. The number of rotatable bonds is 4. The number of hydrogen-bond acceptors (Lipinski definition) is 3. The Labute approximate surface area is 85.2 Å². The van der Waals surface area contributed by atoms with Crippen LogP contribution in [0.4, 0.5) is 0 Å². The van der Waals surface area contributed by atoms with E-state index in [1.165, 1.54) is 6.42 Å². The Hall–Kier alpha value is -0.610. The lowest BCUT2D eigenvalue weighted by Crippen LogP contribution is -2.44. The Bertz CT molecular complexity index is 179. The van der Waals surface area contributed by atoms with Gasteiger partial charge < -0.3 is 15.8 Å². The molecule has 3 N–H and O–H groups in total. The molecular formula is C10H20N2O2. The number of carbonyl (C=O) groups excluding carboxylic acids is 1. The highest BCUT2D eigenvalue weighted by Crippen LogP contribution is 2.11. The zero-order valence-electron chi connectivity index (χ0n) is 8.79. The molecule has 1 fully saturated rings. The Kier molecular flexibility index (Phi) is 4.90. The van der Waals surface area contributed by atoms with Crippen LogP contribution in [0.3, 0.4) is 0 Å². The van der Waals surface area contributed by atoms with E-state index in [2.05, 4.69) is 5.32 Å². The summed E-state index contributed by atoms with van der Waals surface area (Å²) in [7, 11) is 0. The average Bonchev–Trinajstić information content (AvgIpc) is 2.26. The topological polar surface area (TPSA) is 64.4 Å². The zero-order valence-corrected chi connectivity index (χ0v) is 8.79. The molecule has 1 rings (SSSR count). The molecule has 1 amide bonds. The van der Waals surface area contributed by atoms with Gasteiger partial charge >= 0.3 is 0 Å². The third kappa shape index (κ3) is 3.64. The van der Waals surface area contributed by atoms with Crippen LogP contribution in [0.2, 0.25) is 0 Å². The van der Waals surface area contributed by atoms with Crippen LogP contribution in [0.25, 0.3) is 0 Å². The van der Waals surface area contributed by atoms with Gasteiger partial charge in [-0.2, -0.15) is 0 Å². The van der Waals surface area contributed by atoms with E-state index >= 15 is 0 Å². The van der Waals surface area contributed by atoms with Gasteiger partial charge in [-0.3, -0.25) is 4.79 Å². The molecule has 1 aliphatic heterocycles. The monoisotopic (exact) mass is 200 g/mol. The number of nitrogens with two attached hydrogens (primary N) is 1. The minimum absolute atomic E-state index is 0.0679. The van der Waals surface area contributed by atoms with Gasteiger partial charge in [-0.15, -0.1) is 0 Å². The van der Waals surface area contributed by atoms with Crippen LogP contribution in [0, 0.1) is 0 Å². The fraction of sp³-hybridized carbons (Fsp3) is 0.900. The molecule has 1 unspecified atom stereocenters. The molecule has 82 valence electrons. The molecule has 1 heterocycles. The molecule has 4 nitrogen and oxygen atoms in total. The number of hydrogen-bond donors (Lipinski definition) is 2. The van der Waals surface area contributed by atoms with Crippen LogP contribution in [0.15, 0.2) is 0 Å². The molecular weight excluding hydrogens is 180 g/mol. The second-order valence-corrected chi connectivity index (χ2v) is 3.75. The van der Waals surface area contributed by atoms with Crippen molar-refractivity contribution in [1.82, 2.24) is 5.32 Å². The summed E-state index contributed by atoms with van der Waals surface area (Å²) in [5, 5.41) is 2.81. The molecule has 0 aromatic carbocycles. The summed E-state index contributed by atoms with van der Waals surface area (Å²) < 4.78 is 5.49. The second kappa shape index (κ2) is 5.98. The zero-order chi connectivity index (χ0) is 10.4. The Morgan fingerprint density at radius 2 is 2.43 bits per heavy atom. The second-order valence-electron chi connectivity index (χ2n) is 3.75. The van der Waals surface area contributed by atoms with Crippen molar-refractivity contribution < 1.29 is 9.53 Å². The van der Waals surface area contributed by atoms with E-state index in [0.717, 1.165) is 19.4 Å². The molecule has 2 atom stereocenters. The number of nitrogens with one attached hydrogen (secondary N) is 1. The first-order valence-corrected chi connectivity index (χ1v) is 5.39.